The van der Waals surface area contributed by atoms with Gasteiger partial charge in [0, 0.05) is 12.1 Å². The molecule has 1 N–H and O–H groups in total. The van der Waals surface area contributed by atoms with Gasteiger partial charge < -0.3 is 10.1 Å². The van der Waals surface area contributed by atoms with Crippen molar-refractivity contribution < 1.29 is 14.3 Å². The fourth-order valence-corrected chi connectivity index (χ4v) is 3.61. The van der Waals surface area contributed by atoms with Crippen molar-refractivity contribution in [2.24, 2.45) is 0 Å². The number of aromatic nitrogens is 1. The lowest BCUT2D eigenvalue weighted by Gasteiger charge is -2.13. The Hall–Kier alpha value is -2.73. The molecule has 3 rings (SSSR count). The van der Waals surface area contributed by atoms with Crippen molar-refractivity contribution in [2.45, 2.75) is 39.2 Å². The van der Waals surface area contributed by atoms with Crippen LogP contribution >= 0.6 is 11.3 Å². The molecule has 1 aromatic heterocycles. The van der Waals surface area contributed by atoms with Crippen LogP contribution in [0, 0.1) is 6.92 Å². The van der Waals surface area contributed by atoms with E-state index in [1.54, 1.807) is 18.3 Å². The van der Waals surface area contributed by atoms with Crippen molar-refractivity contribution in [3.8, 4) is 0 Å². The number of amides is 1. The van der Waals surface area contributed by atoms with E-state index in [0.29, 0.717) is 12.1 Å². The highest BCUT2D eigenvalue weighted by molar-refractivity contribution is 7.18. The lowest BCUT2D eigenvalue weighted by Crippen LogP contribution is -2.29. The summed E-state index contributed by atoms with van der Waals surface area (Å²) in [6.07, 6.45) is 0.794. The Bertz CT molecular complexity index is 901. The zero-order valence-corrected chi connectivity index (χ0v) is 16.2. The molecule has 27 heavy (non-hydrogen) atoms. The first-order valence-corrected chi connectivity index (χ1v) is 9.74. The van der Waals surface area contributed by atoms with E-state index in [1.807, 2.05) is 55.5 Å². The number of esters is 1. The number of benzene rings is 2. The van der Waals surface area contributed by atoms with Gasteiger partial charge in [-0.2, -0.15) is 0 Å². The Balaban J connectivity index is 1.42. The average Bonchev–Trinajstić information content (AvgIpc) is 3.06. The van der Waals surface area contributed by atoms with Gasteiger partial charge in [0.2, 0.25) is 0 Å². The lowest BCUT2D eigenvalue weighted by atomic mass is 10.2. The second-order valence-electron chi connectivity index (χ2n) is 6.42. The molecule has 0 aliphatic heterocycles. The van der Waals surface area contributed by atoms with Gasteiger partial charge in [-0.25, -0.2) is 4.98 Å². The molecule has 0 bridgehead atoms. The highest BCUT2D eigenvalue weighted by atomic mass is 32.1. The first-order chi connectivity index (χ1) is 13.0. The van der Waals surface area contributed by atoms with Crippen molar-refractivity contribution in [3.63, 3.8) is 0 Å². The molecule has 0 unspecified atom stereocenters. The number of thiazole rings is 1. The van der Waals surface area contributed by atoms with E-state index in [-0.39, 0.29) is 18.3 Å². The van der Waals surface area contributed by atoms with Gasteiger partial charge in [-0.1, -0.05) is 29.8 Å². The van der Waals surface area contributed by atoms with E-state index in [2.05, 4.69) is 10.3 Å². The number of aryl methyl sites for hydroxylation is 2. The molecule has 1 amide bonds. The Morgan fingerprint density at radius 3 is 2.63 bits per heavy atom. The summed E-state index contributed by atoms with van der Waals surface area (Å²) in [5.74, 6) is -0.707. The van der Waals surface area contributed by atoms with Crippen molar-refractivity contribution in [1.29, 1.82) is 0 Å². The number of para-hydroxylation sites is 1. The normalized spacial score (nSPS) is 11.9. The fourth-order valence-electron chi connectivity index (χ4n) is 2.60. The van der Waals surface area contributed by atoms with E-state index in [9.17, 15) is 9.59 Å². The predicted molar refractivity (Wildman–Crippen MR) is 108 cm³/mol. The first-order valence-electron chi connectivity index (χ1n) is 8.93. The van der Waals surface area contributed by atoms with E-state index >= 15 is 0 Å². The number of carbonyl (C=O) groups excluding carboxylic acids is 2. The van der Waals surface area contributed by atoms with E-state index in [0.717, 1.165) is 27.2 Å². The number of nitrogens with zero attached hydrogens (tertiary/aromatic N) is 1. The molecule has 2 aromatic carbocycles. The van der Waals surface area contributed by atoms with Crippen molar-refractivity contribution in [1.82, 2.24) is 4.98 Å². The monoisotopic (exact) mass is 382 g/mol. The van der Waals surface area contributed by atoms with Crippen LogP contribution in [0.2, 0.25) is 0 Å². The summed E-state index contributed by atoms with van der Waals surface area (Å²) in [6.45, 7) is 3.55. The minimum Gasteiger partial charge on any atom is -0.453 e. The third kappa shape index (κ3) is 5.37. The minimum atomic E-state index is -0.832. The number of hydrogen-bond acceptors (Lipinski definition) is 5. The smallest absolute Gasteiger partial charge is 0.306 e. The molecular formula is C21H22N2O3S. The quantitative estimate of drug-likeness (QED) is 0.611. The molecule has 0 aliphatic rings. The summed E-state index contributed by atoms with van der Waals surface area (Å²) in [4.78, 5) is 28.7. The summed E-state index contributed by atoms with van der Waals surface area (Å²) < 4.78 is 6.39. The van der Waals surface area contributed by atoms with Crippen LogP contribution in [-0.4, -0.2) is 23.0 Å². The van der Waals surface area contributed by atoms with Crippen LogP contribution in [0.25, 0.3) is 10.2 Å². The van der Waals surface area contributed by atoms with Crippen LogP contribution < -0.4 is 5.32 Å². The van der Waals surface area contributed by atoms with Crippen LogP contribution in [0.4, 0.5) is 5.69 Å². The summed E-state index contributed by atoms with van der Waals surface area (Å²) in [6, 6.07) is 15.4. The molecule has 5 nitrogen and oxygen atoms in total. The number of ether oxygens (including phenoxy) is 1. The summed E-state index contributed by atoms with van der Waals surface area (Å²) in [7, 11) is 0. The molecule has 0 radical (unpaired) electrons. The standard InChI is InChI=1S/C21H22N2O3S/c1-14-10-12-16(13-11-14)22-21(25)15(2)26-20(24)9-5-8-19-23-17-6-3-4-7-18(17)27-19/h3-4,6-7,10-13,15H,5,8-9H2,1-2H3,(H,22,25)/t15-/m0/s1. The van der Waals surface area contributed by atoms with Gasteiger partial charge in [-0.3, -0.25) is 9.59 Å². The number of nitrogens with one attached hydrogen (secondary N) is 1. The molecule has 1 atom stereocenters. The molecule has 1 heterocycles. The summed E-state index contributed by atoms with van der Waals surface area (Å²) in [5.41, 5.74) is 2.78. The van der Waals surface area contributed by atoms with Gasteiger partial charge in [0.05, 0.1) is 15.2 Å². The molecule has 0 saturated heterocycles. The van der Waals surface area contributed by atoms with Crippen LogP contribution in [0.3, 0.4) is 0 Å². The Labute approximate surface area is 162 Å². The van der Waals surface area contributed by atoms with E-state index < -0.39 is 6.10 Å². The Morgan fingerprint density at radius 1 is 1.15 bits per heavy atom. The van der Waals surface area contributed by atoms with Crippen molar-refractivity contribution in [2.75, 3.05) is 5.32 Å². The molecule has 0 spiro atoms. The highest BCUT2D eigenvalue weighted by Crippen LogP contribution is 2.22. The SMILES string of the molecule is Cc1ccc(NC(=O)[C@H](C)OC(=O)CCCc2nc3ccccc3s2)cc1. The van der Waals surface area contributed by atoms with Crippen molar-refractivity contribution >= 4 is 39.1 Å². The van der Waals surface area contributed by atoms with E-state index in [1.165, 1.54) is 0 Å². The average molecular weight is 382 g/mol. The van der Waals surface area contributed by atoms with Gasteiger partial charge in [0.1, 0.15) is 0 Å². The van der Waals surface area contributed by atoms with Crippen LogP contribution in [0.15, 0.2) is 48.5 Å². The van der Waals surface area contributed by atoms with E-state index in [4.69, 9.17) is 4.74 Å². The maximum absolute atomic E-state index is 12.1. The lowest BCUT2D eigenvalue weighted by molar-refractivity contribution is -0.153. The highest BCUT2D eigenvalue weighted by Gasteiger charge is 2.18. The molecule has 3 aromatic rings. The largest absolute Gasteiger partial charge is 0.453 e. The number of rotatable bonds is 7. The number of fused-ring (bicyclic) bond motifs is 1. The van der Waals surface area contributed by atoms with Gasteiger partial charge in [0.25, 0.3) is 5.91 Å². The molecule has 6 heteroatoms. The number of anilines is 1. The van der Waals surface area contributed by atoms with Gasteiger partial charge in [-0.15, -0.1) is 11.3 Å². The molecule has 0 fully saturated rings. The molecule has 140 valence electrons. The fraction of sp³-hybridized carbons (Fsp3) is 0.286. The zero-order chi connectivity index (χ0) is 19.2. The zero-order valence-electron chi connectivity index (χ0n) is 15.4. The summed E-state index contributed by atoms with van der Waals surface area (Å²) in [5, 5.41) is 3.76. The summed E-state index contributed by atoms with van der Waals surface area (Å²) >= 11 is 1.64. The second kappa shape index (κ2) is 8.77. The van der Waals surface area contributed by atoms with Gasteiger partial charge >= 0.3 is 5.97 Å². The Kier molecular flexibility index (Phi) is 6.19. The topological polar surface area (TPSA) is 68.3 Å². The van der Waals surface area contributed by atoms with Crippen LogP contribution in [-0.2, 0) is 20.7 Å². The van der Waals surface area contributed by atoms with Gasteiger partial charge in [0.15, 0.2) is 6.10 Å². The van der Waals surface area contributed by atoms with Gasteiger partial charge in [-0.05, 0) is 51.0 Å². The first kappa shape index (κ1) is 19.0. The second-order valence-corrected chi connectivity index (χ2v) is 7.53. The predicted octanol–water partition coefficient (Wildman–Crippen LogP) is 4.50. The third-order valence-corrected chi connectivity index (χ3v) is 5.20. The van der Waals surface area contributed by atoms with Crippen LogP contribution in [0.5, 0.6) is 0 Å². The molecule has 0 aliphatic carbocycles. The number of carbonyl (C=O) groups is 2. The third-order valence-electron chi connectivity index (χ3n) is 4.11. The van der Waals surface area contributed by atoms with Crippen molar-refractivity contribution in [3.05, 3.63) is 59.1 Å². The Morgan fingerprint density at radius 2 is 1.89 bits per heavy atom. The molecule has 0 saturated carbocycles. The maximum atomic E-state index is 12.1. The number of hydrogen-bond donors (Lipinski definition) is 1. The minimum absolute atomic E-state index is 0.262. The molecular weight excluding hydrogens is 360 g/mol. The maximum Gasteiger partial charge on any atom is 0.306 e. The van der Waals surface area contributed by atoms with Crippen LogP contribution in [0.1, 0.15) is 30.3 Å².